The van der Waals surface area contributed by atoms with Crippen LogP contribution in [0.5, 0.6) is 5.75 Å². The van der Waals surface area contributed by atoms with E-state index >= 15 is 0 Å². The molecule has 0 aliphatic heterocycles. The van der Waals surface area contributed by atoms with E-state index in [1.807, 2.05) is 12.1 Å². The minimum atomic E-state index is 0. The molecule has 0 amide bonds. The fourth-order valence-electron chi connectivity index (χ4n) is 2.15. The summed E-state index contributed by atoms with van der Waals surface area (Å²) in [6.45, 7) is 6.67. The Bertz CT molecular complexity index is 544. The van der Waals surface area contributed by atoms with Crippen LogP contribution in [0.4, 0.5) is 0 Å². The molecule has 0 aliphatic carbocycles. The molecule has 1 aromatic carbocycles. The van der Waals surface area contributed by atoms with Gasteiger partial charge in [0.15, 0.2) is 5.96 Å². The van der Waals surface area contributed by atoms with Gasteiger partial charge in [0.25, 0.3) is 0 Å². The molecule has 0 aromatic heterocycles. The first-order valence-electron chi connectivity index (χ1n) is 9.04. The summed E-state index contributed by atoms with van der Waals surface area (Å²) in [7, 11) is 1.67. The van der Waals surface area contributed by atoms with Crippen molar-refractivity contribution in [3.63, 3.8) is 0 Å². The Morgan fingerprint density at radius 1 is 1.15 bits per heavy atom. The monoisotopic (exact) mass is 489 g/mol. The van der Waals surface area contributed by atoms with Crippen molar-refractivity contribution in [2.75, 3.05) is 53.2 Å². The number of benzene rings is 1. The van der Waals surface area contributed by atoms with Gasteiger partial charge >= 0.3 is 0 Å². The molecule has 0 atom stereocenters. The van der Waals surface area contributed by atoms with E-state index in [1.165, 1.54) is 5.56 Å². The van der Waals surface area contributed by atoms with Crippen molar-refractivity contribution >= 4 is 29.9 Å². The fourth-order valence-corrected chi connectivity index (χ4v) is 2.15. The Hall–Kier alpha value is -1.50. The Kier molecular flexibility index (Phi) is 16.9. The van der Waals surface area contributed by atoms with Gasteiger partial charge in [-0.2, -0.15) is 0 Å². The summed E-state index contributed by atoms with van der Waals surface area (Å²) in [6, 6.07) is 7.98. The van der Waals surface area contributed by atoms with E-state index in [1.54, 1.807) is 7.11 Å². The number of guanidine groups is 1. The second-order valence-corrected chi connectivity index (χ2v) is 5.53. The molecule has 7 heteroatoms. The molecular formula is C20H32IN3O3. The van der Waals surface area contributed by atoms with Gasteiger partial charge in [0, 0.05) is 33.4 Å². The maximum Gasteiger partial charge on any atom is 0.191 e. The minimum absolute atomic E-state index is 0. The number of halogens is 1. The average Bonchev–Trinajstić information content (AvgIpc) is 2.66. The van der Waals surface area contributed by atoms with Crippen LogP contribution >= 0.6 is 24.0 Å². The van der Waals surface area contributed by atoms with Gasteiger partial charge in [-0.15, -0.1) is 30.4 Å². The third kappa shape index (κ3) is 13.3. The van der Waals surface area contributed by atoms with E-state index in [9.17, 15) is 0 Å². The van der Waals surface area contributed by atoms with Crippen molar-refractivity contribution in [3.8, 4) is 18.1 Å². The largest absolute Gasteiger partial charge is 0.481 e. The summed E-state index contributed by atoms with van der Waals surface area (Å²) in [6.07, 6.45) is 6.97. The predicted octanol–water partition coefficient (Wildman–Crippen LogP) is 2.47. The lowest BCUT2D eigenvalue weighted by Gasteiger charge is -2.11. The lowest BCUT2D eigenvalue weighted by molar-refractivity contribution is 0.0702. The van der Waals surface area contributed by atoms with Gasteiger partial charge in [-0.05, 0) is 37.5 Å². The number of hydrogen-bond acceptors (Lipinski definition) is 4. The zero-order chi connectivity index (χ0) is 18.9. The highest BCUT2D eigenvalue weighted by Crippen LogP contribution is 2.12. The topological polar surface area (TPSA) is 64.1 Å². The number of nitrogens with one attached hydrogen (secondary N) is 2. The van der Waals surface area contributed by atoms with E-state index < -0.39 is 0 Å². The van der Waals surface area contributed by atoms with Gasteiger partial charge in [0.2, 0.25) is 0 Å². The molecule has 0 saturated heterocycles. The molecule has 152 valence electrons. The molecule has 1 aromatic rings. The molecule has 0 aliphatic rings. The highest BCUT2D eigenvalue weighted by molar-refractivity contribution is 14.0. The van der Waals surface area contributed by atoms with Crippen LogP contribution in [-0.4, -0.2) is 59.1 Å². The highest BCUT2D eigenvalue weighted by Gasteiger charge is 1.99. The zero-order valence-electron chi connectivity index (χ0n) is 16.3. The zero-order valence-corrected chi connectivity index (χ0v) is 18.7. The minimum Gasteiger partial charge on any atom is -0.481 e. The van der Waals surface area contributed by atoms with Crippen LogP contribution in [0.1, 0.15) is 18.9 Å². The molecule has 0 heterocycles. The quantitative estimate of drug-likeness (QED) is 0.147. The Labute approximate surface area is 180 Å². The normalized spacial score (nSPS) is 10.6. The maximum atomic E-state index is 5.43. The smallest absolute Gasteiger partial charge is 0.191 e. The third-order valence-corrected chi connectivity index (χ3v) is 3.44. The molecule has 6 nitrogen and oxygen atoms in total. The summed E-state index contributed by atoms with van der Waals surface area (Å²) >= 11 is 0. The van der Waals surface area contributed by atoms with Crippen LogP contribution in [0.3, 0.4) is 0 Å². The Morgan fingerprint density at radius 2 is 1.93 bits per heavy atom. The van der Waals surface area contributed by atoms with Gasteiger partial charge in [0.05, 0.1) is 13.2 Å². The number of ether oxygens (including phenoxy) is 3. The third-order valence-electron chi connectivity index (χ3n) is 3.44. The molecule has 0 saturated carbocycles. The second kappa shape index (κ2) is 17.9. The van der Waals surface area contributed by atoms with Gasteiger partial charge in [-0.1, -0.05) is 18.1 Å². The first-order chi connectivity index (χ1) is 12.8. The first kappa shape index (κ1) is 25.5. The van der Waals surface area contributed by atoms with Gasteiger partial charge in [-0.3, -0.25) is 4.99 Å². The summed E-state index contributed by atoms with van der Waals surface area (Å²) in [5.41, 5.74) is 1.23. The van der Waals surface area contributed by atoms with E-state index in [0.29, 0.717) is 26.4 Å². The van der Waals surface area contributed by atoms with Crippen molar-refractivity contribution in [1.82, 2.24) is 10.6 Å². The number of hydrogen-bond donors (Lipinski definition) is 2. The molecule has 0 fully saturated rings. The molecule has 0 bridgehead atoms. The number of terminal acetylenes is 1. The second-order valence-electron chi connectivity index (χ2n) is 5.53. The lowest BCUT2D eigenvalue weighted by atomic mass is 10.1. The maximum absolute atomic E-state index is 5.43. The molecule has 0 radical (unpaired) electrons. The van der Waals surface area contributed by atoms with Crippen LogP contribution < -0.4 is 15.4 Å². The van der Waals surface area contributed by atoms with Gasteiger partial charge < -0.3 is 24.8 Å². The van der Waals surface area contributed by atoms with E-state index in [2.05, 4.69) is 40.6 Å². The predicted molar refractivity (Wildman–Crippen MR) is 121 cm³/mol. The number of rotatable bonds is 13. The lowest BCUT2D eigenvalue weighted by Crippen LogP contribution is -2.38. The van der Waals surface area contributed by atoms with E-state index in [4.69, 9.17) is 20.6 Å². The van der Waals surface area contributed by atoms with E-state index in [0.717, 1.165) is 44.2 Å². The summed E-state index contributed by atoms with van der Waals surface area (Å²) in [4.78, 5) is 4.55. The Balaban J connectivity index is 0.00000676. The molecule has 1 rings (SSSR count). The van der Waals surface area contributed by atoms with Crippen LogP contribution in [0, 0.1) is 12.3 Å². The fraction of sp³-hybridized carbons (Fsp3) is 0.550. The van der Waals surface area contributed by atoms with Crippen molar-refractivity contribution in [1.29, 1.82) is 0 Å². The van der Waals surface area contributed by atoms with Crippen LogP contribution in [0.2, 0.25) is 0 Å². The van der Waals surface area contributed by atoms with Gasteiger partial charge in [0.1, 0.15) is 12.4 Å². The molecular weight excluding hydrogens is 457 g/mol. The molecule has 27 heavy (non-hydrogen) atoms. The summed E-state index contributed by atoms with van der Waals surface area (Å²) < 4.78 is 15.7. The summed E-state index contributed by atoms with van der Waals surface area (Å²) in [5, 5.41) is 6.60. The Morgan fingerprint density at radius 3 is 2.59 bits per heavy atom. The standard InChI is InChI=1S/C20H31N3O3.HI/c1-4-14-26-19-9-7-18(8-10-19)11-13-23-20(21-5-2)22-12-6-15-25-17-16-24-3;/h1,7-10H,5-6,11-17H2,2-3H3,(H2,21,22,23);1H. The van der Waals surface area contributed by atoms with E-state index in [-0.39, 0.29) is 24.0 Å². The highest BCUT2D eigenvalue weighted by atomic mass is 127. The van der Waals surface area contributed by atoms with Crippen molar-refractivity contribution in [3.05, 3.63) is 29.8 Å². The first-order valence-corrected chi connectivity index (χ1v) is 9.04. The van der Waals surface area contributed by atoms with Crippen molar-refractivity contribution in [2.45, 2.75) is 19.8 Å². The number of methoxy groups -OCH3 is 1. The van der Waals surface area contributed by atoms with Crippen LogP contribution in [-0.2, 0) is 15.9 Å². The number of aliphatic imine (C=N–C) groups is 1. The molecule has 0 unspecified atom stereocenters. The van der Waals surface area contributed by atoms with Crippen molar-refractivity contribution in [2.24, 2.45) is 4.99 Å². The summed E-state index contributed by atoms with van der Waals surface area (Å²) in [5.74, 6) is 4.08. The number of nitrogens with zero attached hydrogens (tertiary/aromatic N) is 1. The van der Waals surface area contributed by atoms with Crippen LogP contribution in [0.25, 0.3) is 0 Å². The average molecular weight is 489 g/mol. The molecule has 2 N–H and O–H groups in total. The van der Waals surface area contributed by atoms with Gasteiger partial charge in [-0.25, -0.2) is 0 Å². The molecule has 0 spiro atoms. The van der Waals surface area contributed by atoms with Crippen molar-refractivity contribution < 1.29 is 14.2 Å². The van der Waals surface area contributed by atoms with Crippen LogP contribution in [0.15, 0.2) is 29.3 Å². The SMILES string of the molecule is C#CCOc1ccc(CCNC(=NCCCOCCOC)NCC)cc1.I.